The molecule has 0 saturated heterocycles. The first kappa shape index (κ1) is 12.4. The lowest BCUT2D eigenvalue weighted by molar-refractivity contribution is 0.330. The highest BCUT2D eigenvalue weighted by atomic mass is 127. The summed E-state index contributed by atoms with van der Waals surface area (Å²) >= 11 is 5.79. The average molecular weight is 393 g/mol. The Balaban J connectivity index is 2.55. The Morgan fingerprint density at radius 2 is 2.06 bits per heavy atom. The van der Waals surface area contributed by atoms with Crippen molar-refractivity contribution in [3.63, 3.8) is 0 Å². The monoisotopic (exact) mass is 392 g/mol. The summed E-state index contributed by atoms with van der Waals surface area (Å²) in [7, 11) is 0. The van der Waals surface area contributed by atoms with Crippen molar-refractivity contribution in [3.05, 3.63) is 26.4 Å². The molecule has 0 unspecified atom stereocenters. The van der Waals surface area contributed by atoms with Gasteiger partial charge in [0.2, 0.25) is 0 Å². The number of nitrogens with zero attached hydrogens (tertiary/aromatic N) is 2. The zero-order valence-corrected chi connectivity index (χ0v) is 13.3. The first-order chi connectivity index (χ1) is 7.37. The summed E-state index contributed by atoms with van der Waals surface area (Å²) in [5.74, 6) is 0. The van der Waals surface area contributed by atoms with Crippen LogP contribution in [0, 0.1) is 9.12 Å². The van der Waals surface area contributed by atoms with Gasteiger partial charge in [0.1, 0.15) is 3.70 Å². The molecule has 4 heteroatoms. The number of fused-ring (bicyclic) bond motifs is 1. The van der Waals surface area contributed by atoms with Crippen molar-refractivity contribution in [2.75, 3.05) is 0 Å². The van der Waals surface area contributed by atoms with E-state index in [1.165, 1.54) is 10.9 Å². The minimum atomic E-state index is 0.245. The van der Waals surface area contributed by atoms with Crippen LogP contribution in [-0.2, 0) is 6.54 Å². The molecule has 0 aliphatic carbocycles. The van der Waals surface area contributed by atoms with Gasteiger partial charge in [-0.25, -0.2) is 0 Å². The van der Waals surface area contributed by atoms with Gasteiger partial charge in [-0.2, -0.15) is 5.10 Å². The van der Waals surface area contributed by atoms with Gasteiger partial charge in [0.25, 0.3) is 0 Å². The number of rotatable bonds is 1. The fraction of sp³-hybridized carbons (Fsp3) is 0.417. The number of hydrogen-bond donors (Lipinski definition) is 0. The summed E-state index contributed by atoms with van der Waals surface area (Å²) in [6.07, 6.45) is 0. The normalized spacial score (nSPS) is 12.3. The fourth-order valence-electron chi connectivity index (χ4n) is 1.68. The lowest BCUT2D eigenvalue weighted by Crippen LogP contribution is -2.16. The van der Waals surface area contributed by atoms with Gasteiger partial charge in [0, 0.05) is 16.4 Å². The second-order valence-corrected chi connectivity index (χ2v) is 7.11. The fourth-order valence-corrected chi connectivity index (χ4v) is 2.74. The predicted molar refractivity (Wildman–Crippen MR) is 79.6 cm³/mol. The van der Waals surface area contributed by atoms with Crippen molar-refractivity contribution in [2.24, 2.45) is 5.41 Å². The highest BCUT2D eigenvalue weighted by Gasteiger charge is 2.15. The molecule has 0 saturated carbocycles. The summed E-state index contributed by atoms with van der Waals surface area (Å²) in [4.78, 5) is 0. The van der Waals surface area contributed by atoms with E-state index in [2.05, 4.69) is 87.3 Å². The third kappa shape index (κ3) is 2.59. The zero-order valence-electron chi connectivity index (χ0n) is 9.59. The first-order valence-corrected chi connectivity index (χ1v) is 7.05. The van der Waals surface area contributed by atoms with E-state index in [1.54, 1.807) is 0 Å². The Labute approximate surface area is 118 Å². The lowest BCUT2D eigenvalue weighted by Gasteiger charge is -2.18. The molecule has 1 aromatic heterocycles. The Hall–Kier alpha value is -0.100. The molecule has 86 valence electrons. The second-order valence-electron chi connectivity index (χ2n) is 5.17. The molecule has 0 aliphatic heterocycles. The molecule has 0 atom stereocenters. The smallest absolute Gasteiger partial charge is 0.131 e. The van der Waals surface area contributed by atoms with Gasteiger partial charge in [-0.05, 0) is 46.2 Å². The molecule has 0 amide bonds. The highest BCUT2D eigenvalue weighted by molar-refractivity contribution is 14.1. The van der Waals surface area contributed by atoms with Crippen LogP contribution < -0.4 is 0 Å². The molecule has 0 N–H and O–H groups in total. The van der Waals surface area contributed by atoms with Crippen LogP contribution in [-0.4, -0.2) is 9.78 Å². The maximum atomic E-state index is 4.60. The highest BCUT2D eigenvalue weighted by Crippen LogP contribution is 2.26. The minimum Gasteiger partial charge on any atom is -0.263 e. The molecule has 0 radical (unpaired) electrons. The van der Waals surface area contributed by atoms with Crippen LogP contribution in [0.1, 0.15) is 20.8 Å². The van der Waals surface area contributed by atoms with Gasteiger partial charge in [-0.15, -0.1) is 0 Å². The first-order valence-electron chi connectivity index (χ1n) is 5.18. The Morgan fingerprint density at radius 1 is 1.38 bits per heavy atom. The molecule has 0 fully saturated rings. The zero-order chi connectivity index (χ0) is 11.9. The summed E-state index contributed by atoms with van der Waals surface area (Å²) in [6, 6.07) is 6.32. The lowest BCUT2D eigenvalue weighted by atomic mass is 9.97. The molecule has 1 aromatic carbocycles. The molecule has 1 heterocycles. The minimum absolute atomic E-state index is 0.245. The van der Waals surface area contributed by atoms with Gasteiger partial charge >= 0.3 is 0 Å². The summed E-state index contributed by atoms with van der Waals surface area (Å²) < 4.78 is 4.27. The van der Waals surface area contributed by atoms with Crippen molar-refractivity contribution in [1.82, 2.24) is 9.78 Å². The van der Waals surface area contributed by atoms with Crippen LogP contribution in [0.25, 0.3) is 10.9 Å². The van der Waals surface area contributed by atoms with Crippen molar-refractivity contribution in [3.8, 4) is 0 Å². The molecule has 2 rings (SSSR count). The van der Waals surface area contributed by atoms with E-state index < -0.39 is 0 Å². The second kappa shape index (κ2) is 4.29. The maximum Gasteiger partial charge on any atom is 0.131 e. The molecule has 2 aromatic rings. The number of hydrogen-bond acceptors (Lipinski definition) is 1. The topological polar surface area (TPSA) is 17.8 Å². The number of aromatic nitrogens is 2. The summed E-state index contributed by atoms with van der Waals surface area (Å²) in [5, 5.41) is 5.82. The van der Waals surface area contributed by atoms with E-state index in [9.17, 15) is 0 Å². The maximum absolute atomic E-state index is 4.60. The van der Waals surface area contributed by atoms with Crippen LogP contribution in [0.2, 0.25) is 0 Å². The van der Waals surface area contributed by atoms with E-state index in [-0.39, 0.29) is 5.41 Å². The van der Waals surface area contributed by atoms with E-state index in [0.717, 1.165) is 14.7 Å². The van der Waals surface area contributed by atoms with Crippen LogP contribution in [0.15, 0.2) is 22.7 Å². The largest absolute Gasteiger partial charge is 0.263 e. The molecule has 0 spiro atoms. The van der Waals surface area contributed by atoms with Crippen molar-refractivity contribution < 1.29 is 0 Å². The van der Waals surface area contributed by atoms with Crippen LogP contribution in [0.3, 0.4) is 0 Å². The number of benzene rings is 1. The predicted octanol–water partition coefficient (Wildman–Crippen LogP) is 4.45. The van der Waals surface area contributed by atoms with Gasteiger partial charge in [-0.1, -0.05) is 36.7 Å². The Bertz CT molecular complexity index is 526. The number of halogens is 2. The Morgan fingerprint density at radius 3 is 2.69 bits per heavy atom. The van der Waals surface area contributed by atoms with Gasteiger partial charge in [0.15, 0.2) is 0 Å². The van der Waals surface area contributed by atoms with Crippen LogP contribution >= 0.6 is 38.5 Å². The summed E-state index contributed by atoms with van der Waals surface area (Å²) in [6.45, 7) is 7.62. The van der Waals surface area contributed by atoms with E-state index >= 15 is 0 Å². The van der Waals surface area contributed by atoms with Gasteiger partial charge in [0.05, 0.1) is 5.52 Å². The quantitative estimate of drug-likeness (QED) is 0.655. The molecular formula is C12H14BrIN2. The van der Waals surface area contributed by atoms with Gasteiger partial charge in [-0.3, -0.25) is 4.68 Å². The van der Waals surface area contributed by atoms with Crippen molar-refractivity contribution in [1.29, 1.82) is 0 Å². The molecule has 2 nitrogen and oxygen atoms in total. The van der Waals surface area contributed by atoms with Gasteiger partial charge < -0.3 is 0 Å². The average Bonchev–Trinajstić information content (AvgIpc) is 2.40. The molecular weight excluding hydrogens is 379 g/mol. The van der Waals surface area contributed by atoms with Crippen molar-refractivity contribution >= 4 is 49.4 Å². The molecule has 0 bridgehead atoms. The van der Waals surface area contributed by atoms with Crippen molar-refractivity contribution in [2.45, 2.75) is 27.3 Å². The Kier molecular flexibility index (Phi) is 3.32. The van der Waals surface area contributed by atoms with Crippen LogP contribution in [0.5, 0.6) is 0 Å². The standard InChI is InChI=1S/C12H14BrIN2/c1-12(2,3)7-16-10-5-4-8(13)6-9(10)11(14)15-16/h4-6H,7H2,1-3H3. The summed E-state index contributed by atoms with van der Waals surface area (Å²) in [5.41, 5.74) is 1.46. The van der Waals surface area contributed by atoms with E-state index in [1.807, 2.05) is 0 Å². The molecule has 16 heavy (non-hydrogen) atoms. The van der Waals surface area contributed by atoms with E-state index in [0.29, 0.717) is 0 Å². The third-order valence-electron chi connectivity index (χ3n) is 2.29. The van der Waals surface area contributed by atoms with Crippen LogP contribution in [0.4, 0.5) is 0 Å². The molecule has 0 aliphatic rings. The SMILES string of the molecule is CC(C)(C)Cn1nc(I)c2cc(Br)ccc21. The third-order valence-corrected chi connectivity index (χ3v) is 3.58. The van der Waals surface area contributed by atoms with E-state index in [4.69, 9.17) is 0 Å².